The first-order valence-corrected chi connectivity index (χ1v) is 9.11. The maximum atomic E-state index is 14.5. The van der Waals surface area contributed by atoms with E-state index in [4.69, 9.17) is 5.11 Å². The van der Waals surface area contributed by atoms with Crippen LogP contribution in [0.5, 0.6) is 0 Å². The number of hydrogen-bond donors (Lipinski definition) is 1. The number of halogens is 4. The van der Waals surface area contributed by atoms with Crippen LogP contribution in [0.3, 0.4) is 0 Å². The summed E-state index contributed by atoms with van der Waals surface area (Å²) in [6, 6.07) is 5.69. The molecule has 0 aliphatic carbocycles. The Kier molecular flexibility index (Phi) is 6.83. The van der Waals surface area contributed by atoms with Crippen LogP contribution in [0.15, 0.2) is 48.6 Å². The van der Waals surface area contributed by atoms with E-state index in [1.807, 2.05) is 11.0 Å². The summed E-state index contributed by atoms with van der Waals surface area (Å²) in [6.07, 6.45) is 3.53. The smallest absolute Gasteiger partial charge is 0.131 e. The summed E-state index contributed by atoms with van der Waals surface area (Å²) in [5.41, 5.74) is 0.307. The van der Waals surface area contributed by atoms with Crippen LogP contribution < -0.4 is 0 Å². The van der Waals surface area contributed by atoms with Gasteiger partial charge in [0.1, 0.15) is 23.3 Å². The molecule has 1 aliphatic heterocycles. The highest BCUT2D eigenvalue weighted by Gasteiger charge is 2.30. The molecule has 0 spiro atoms. The third-order valence-electron chi connectivity index (χ3n) is 4.92. The topological polar surface area (TPSA) is 26.7 Å². The van der Waals surface area contributed by atoms with Gasteiger partial charge in [-0.1, -0.05) is 24.3 Å². The number of aliphatic hydroxyl groups excluding tert-OH is 1. The highest BCUT2D eigenvalue weighted by molar-refractivity contribution is 5.34. The number of aliphatic hydroxyl groups is 1. The SMILES string of the molecule is OC/C=C\CN1CCN(C(c2ccc(F)cc2F)c2ccc(F)cc2F)CC1. The van der Waals surface area contributed by atoms with Crippen LogP contribution in [0.2, 0.25) is 0 Å². The first-order valence-electron chi connectivity index (χ1n) is 9.11. The van der Waals surface area contributed by atoms with Gasteiger partial charge in [0, 0.05) is 56.0 Å². The van der Waals surface area contributed by atoms with E-state index < -0.39 is 29.3 Å². The minimum absolute atomic E-state index is 0.0181. The Morgan fingerprint density at radius 2 is 1.36 bits per heavy atom. The number of benzene rings is 2. The van der Waals surface area contributed by atoms with Gasteiger partial charge in [-0.2, -0.15) is 0 Å². The van der Waals surface area contributed by atoms with Crippen LogP contribution in [0, 0.1) is 23.3 Å². The van der Waals surface area contributed by atoms with Crippen molar-refractivity contribution in [3.8, 4) is 0 Å². The first-order chi connectivity index (χ1) is 13.5. The van der Waals surface area contributed by atoms with Gasteiger partial charge in [0.2, 0.25) is 0 Å². The molecule has 3 nitrogen and oxygen atoms in total. The normalized spacial score (nSPS) is 16.4. The molecular formula is C21H22F4N2O. The highest BCUT2D eigenvalue weighted by atomic mass is 19.1. The number of nitrogens with zero attached hydrogens (tertiary/aromatic N) is 2. The molecule has 0 unspecified atom stereocenters. The van der Waals surface area contributed by atoms with Crippen LogP contribution >= 0.6 is 0 Å². The summed E-state index contributed by atoms with van der Waals surface area (Å²) in [4.78, 5) is 4.07. The third kappa shape index (κ3) is 4.79. The third-order valence-corrected chi connectivity index (χ3v) is 4.92. The Labute approximate surface area is 161 Å². The van der Waals surface area contributed by atoms with E-state index in [-0.39, 0.29) is 17.7 Å². The molecule has 3 rings (SSSR count). The van der Waals surface area contributed by atoms with Gasteiger partial charge in [0.15, 0.2) is 0 Å². The Balaban J connectivity index is 1.88. The maximum Gasteiger partial charge on any atom is 0.131 e. The van der Waals surface area contributed by atoms with E-state index in [1.54, 1.807) is 6.08 Å². The van der Waals surface area contributed by atoms with Crippen LogP contribution in [0.4, 0.5) is 17.6 Å². The molecule has 150 valence electrons. The molecule has 0 atom stereocenters. The minimum atomic E-state index is -0.781. The Morgan fingerprint density at radius 3 is 1.82 bits per heavy atom. The summed E-state index contributed by atoms with van der Waals surface area (Å²) in [5, 5.41) is 8.82. The van der Waals surface area contributed by atoms with Crippen LogP contribution in [-0.4, -0.2) is 54.2 Å². The summed E-state index contributed by atoms with van der Waals surface area (Å²) >= 11 is 0. The molecule has 1 aliphatic rings. The highest BCUT2D eigenvalue weighted by Crippen LogP contribution is 2.33. The van der Waals surface area contributed by atoms with Crippen molar-refractivity contribution in [1.82, 2.24) is 9.80 Å². The largest absolute Gasteiger partial charge is 0.392 e. The molecular weight excluding hydrogens is 372 g/mol. The zero-order chi connectivity index (χ0) is 20.1. The summed E-state index contributed by atoms with van der Waals surface area (Å²) in [5.74, 6) is -2.94. The molecule has 0 saturated carbocycles. The second-order valence-electron chi connectivity index (χ2n) is 6.72. The zero-order valence-corrected chi connectivity index (χ0v) is 15.3. The standard InChI is InChI=1S/C21H22F4N2O/c22-15-3-5-17(19(24)13-15)21(18-6-4-16(23)14-20(18)25)27-10-8-26(9-11-27)7-1-2-12-28/h1-6,13-14,21,28H,7-12H2/b2-1-. The van der Waals surface area contributed by atoms with Crippen molar-refractivity contribution in [2.24, 2.45) is 0 Å². The van der Waals surface area contributed by atoms with Gasteiger partial charge >= 0.3 is 0 Å². The molecule has 7 heteroatoms. The van der Waals surface area contributed by atoms with Crippen molar-refractivity contribution in [2.75, 3.05) is 39.3 Å². The van der Waals surface area contributed by atoms with Crippen molar-refractivity contribution in [2.45, 2.75) is 6.04 Å². The molecule has 0 amide bonds. The summed E-state index contributed by atoms with van der Waals surface area (Å²) in [6.45, 7) is 3.05. The molecule has 1 heterocycles. The molecule has 0 aromatic heterocycles. The van der Waals surface area contributed by atoms with Gasteiger partial charge < -0.3 is 5.11 Å². The maximum absolute atomic E-state index is 14.5. The van der Waals surface area contributed by atoms with Crippen LogP contribution in [-0.2, 0) is 0 Å². The lowest BCUT2D eigenvalue weighted by atomic mass is 9.95. The lowest BCUT2D eigenvalue weighted by Crippen LogP contribution is -2.48. The molecule has 1 saturated heterocycles. The Hall–Kier alpha value is -2.22. The molecule has 1 N–H and O–H groups in total. The predicted octanol–water partition coefficient (Wildman–Crippen LogP) is 3.50. The van der Waals surface area contributed by atoms with Crippen LogP contribution in [0.1, 0.15) is 17.2 Å². The number of hydrogen-bond acceptors (Lipinski definition) is 3. The van der Waals surface area contributed by atoms with E-state index in [2.05, 4.69) is 4.90 Å². The van der Waals surface area contributed by atoms with E-state index >= 15 is 0 Å². The fourth-order valence-corrected chi connectivity index (χ4v) is 3.51. The molecule has 2 aromatic rings. The van der Waals surface area contributed by atoms with Gasteiger partial charge in [-0.15, -0.1) is 0 Å². The van der Waals surface area contributed by atoms with Crippen molar-refractivity contribution in [1.29, 1.82) is 0 Å². The van der Waals surface area contributed by atoms with Crippen molar-refractivity contribution in [3.05, 3.63) is 82.9 Å². The second-order valence-corrected chi connectivity index (χ2v) is 6.72. The average molecular weight is 394 g/mol. The zero-order valence-electron chi connectivity index (χ0n) is 15.3. The monoisotopic (exact) mass is 394 g/mol. The number of rotatable bonds is 6. The molecule has 0 radical (unpaired) electrons. The van der Waals surface area contributed by atoms with Gasteiger partial charge in [0.05, 0.1) is 12.6 Å². The average Bonchev–Trinajstić information content (AvgIpc) is 2.66. The molecule has 28 heavy (non-hydrogen) atoms. The van der Waals surface area contributed by atoms with Gasteiger partial charge in [-0.3, -0.25) is 9.80 Å². The summed E-state index contributed by atoms with van der Waals surface area (Å²) in [7, 11) is 0. The quantitative estimate of drug-likeness (QED) is 0.600. The Bertz CT molecular complexity index is 784. The number of piperazine rings is 1. The van der Waals surface area contributed by atoms with Crippen molar-refractivity contribution >= 4 is 0 Å². The second kappa shape index (κ2) is 9.32. The van der Waals surface area contributed by atoms with E-state index in [1.165, 1.54) is 12.1 Å². The van der Waals surface area contributed by atoms with Crippen molar-refractivity contribution < 1.29 is 22.7 Å². The van der Waals surface area contributed by atoms with Gasteiger partial charge in [-0.05, 0) is 12.1 Å². The lowest BCUT2D eigenvalue weighted by Gasteiger charge is -2.39. The van der Waals surface area contributed by atoms with E-state index in [9.17, 15) is 17.6 Å². The minimum Gasteiger partial charge on any atom is -0.392 e. The Morgan fingerprint density at radius 1 is 0.821 bits per heavy atom. The molecule has 2 aromatic carbocycles. The van der Waals surface area contributed by atoms with E-state index in [0.717, 1.165) is 24.3 Å². The predicted molar refractivity (Wildman–Crippen MR) is 98.8 cm³/mol. The van der Waals surface area contributed by atoms with E-state index in [0.29, 0.717) is 32.7 Å². The lowest BCUT2D eigenvalue weighted by molar-refractivity contribution is 0.114. The van der Waals surface area contributed by atoms with Crippen LogP contribution in [0.25, 0.3) is 0 Å². The van der Waals surface area contributed by atoms with Gasteiger partial charge in [0.25, 0.3) is 0 Å². The molecule has 1 fully saturated rings. The first kappa shape index (κ1) is 20.5. The van der Waals surface area contributed by atoms with Gasteiger partial charge in [-0.25, -0.2) is 17.6 Å². The van der Waals surface area contributed by atoms with Crippen molar-refractivity contribution in [3.63, 3.8) is 0 Å². The summed E-state index contributed by atoms with van der Waals surface area (Å²) < 4.78 is 55.8. The fraction of sp³-hybridized carbons (Fsp3) is 0.333. The molecule has 0 bridgehead atoms. The fourth-order valence-electron chi connectivity index (χ4n) is 3.51.